The van der Waals surface area contributed by atoms with Gasteiger partial charge in [-0.2, -0.15) is 0 Å². The topological polar surface area (TPSA) is 89.4 Å². The largest absolute Gasteiger partial charge is 0.495 e. The number of anilines is 1. The number of aromatic nitrogens is 3. The normalized spacial score (nSPS) is 12.2. The monoisotopic (exact) mass is 503 g/mol. The van der Waals surface area contributed by atoms with Crippen molar-refractivity contribution >= 4 is 28.5 Å². The third kappa shape index (κ3) is 5.61. The fourth-order valence-electron chi connectivity index (χ4n) is 4.04. The molecule has 2 amide bonds. The van der Waals surface area contributed by atoms with Gasteiger partial charge in [-0.3, -0.25) is 14.5 Å². The molecule has 8 nitrogen and oxygen atoms in total. The van der Waals surface area contributed by atoms with Gasteiger partial charge in [-0.1, -0.05) is 48.5 Å². The molecule has 0 aliphatic heterocycles. The van der Waals surface area contributed by atoms with Crippen molar-refractivity contribution in [1.82, 2.24) is 20.3 Å². The molecule has 1 unspecified atom stereocenters. The van der Waals surface area contributed by atoms with Crippen LogP contribution in [0, 0.1) is 5.82 Å². The fraction of sp³-hybridized carbons (Fsp3) is 0.286. The molecule has 0 fully saturated rings. The Morgan fingerprint density at radius 2 is 1.73 bits per heavy atom. The summed E-state index contributed by atoms with van der Waals surface area (Å²) in [4.78, 5) is 29.3. The van der Waals surface area contributed by atoms with Crippen molar-refractivity contribution in [2.75, 3.05) is 12.0 Å². The SMILES string of the molecule is CCC(C)(C)NC(=O)C(c1ccc(F)cc1)N(C(=O)Cn1nnc2ccccc21)c1ccccc1OC. The van der Waals surface area contributed by atoms with E-state index in [1.54, 1.807) is 24.3 Å². The van der Waals surface area contributed by atoms with Gasteiger partial charge in [-0.25, -0.2) is 9.07 Å². The van der Waals surface area contributed by atoms with Gasteiger partial charge in [-0.05, 0) is 62.2 Å². The van der Waals surface area contributed by atoms with Gasteiger partial charge in [0, 0.05) is 5.54 Å². The van der Waals surface area contributed by atoms with E-state index in [-0.39, 0.29) is 6.54 Å². The Morgan fingerprint density at radius 1 is 1.05 bits per heavy atom. The first-order valence-electron chi connectivity index (χ1n) is 12.0. The number of carbonyl (C=O) groups excluding carboxylic acids is 2. The van der Waals surface area contributed by atoms with Crippen molar-refractivity contribution in [2.45, 2.75) is 45.3 Å². The van der Waals surface area contributed by atoms with Gasteiger partial charge in [0.05, 0.1) is 18.3 Å². The van der Waals surface area contributed by atoms with E-state index in [2.05, 4.69) is 15.6 Å². The highest BCUT2D eigenvalue weighted by atomic mass is 19.1. The average Bonchev–Trinajstić information content (AvgIpc) is 3.30. The Bertz CT molecular complexity index is 1400. The van der Waals surface area contributed by atoms with Crippen LogP contribution in [0.4, 0.5) is 10.1 Å². The summed E-state index contributed by atoms with van der Waals surface area (Å²) < 4.78 is 20.9. The van der Waals surface area contributed by atoms with Crippen LogP contribution in [0.5, 0.6) is 5.75 Å². The molecular formula is C28H30FN5O3. The first-order valence-corrected chi connectivity index (χ1v) is 12.0. The number of methoxy groups -OCH3 is 1. The molecule has 1 N–H and O–H groups in total. The Hall–Kier alpha value is -4.27. The predicted molar refractivity (Wildman–Crippen MR) is 140 cm³/mol. The van der Waals surface area contributed by atoms with E-state index < -0.39 is 29.2 Å². The molecule has 0 spiro atoms. The molecule has 0 aliphatic rings. The molecule has 9 heteroatoms. The Labute approximate surface area is 215 Å². The zero-order valence-electron chi connectivity index (χ0n) is 21.3. The lowest BCUT2D eigenvalue weighted by atomic mass is 9.98. The summed E-state index contributed by atoms with van der Waals surface area (Å²) in [5, 5.41) is 11.3. The third-order valence-electron chi connectivity index (χ3n) is 6.36. The number of carbonyl (C=O) groups is 2. The van der Waals surface area contributed by atoms with Crippen LogP contribution >= 0.6 is 0 Å². The first-order chi connectivity index (χ1) is 17.7. The average molecular weight is 504 g/mol. The van der Waals surface area contributed by atoms with Crippen LogP contribution in [0.1, 0.15) is 38.8 Å². The van der Waals surface area contributed by atoms with Crippen LogP contribution in [0.2, 0.25) is 0 Å². The van der Waals surface area contributed by atoms with Gasteiger partial charge in [0.1, 0.15) is 29.7 Å². The zero-order valence-corrected chi connectivity index (χ0v) is 21.3. The van der Waals surface area contributed by atoms with Crippen LogP contribution in [-0.2, 0) is 16.1 Å². The van der Waals surface area contributed by atoms with Crippen LogP contribution in [0.15, 0.2) is 72.8 Å². The second-order valence-corrected chi connectivity index (χ2v) is 9.35. The van der Waals surface area contributed by atoms with E-state index in [0.29, 0.717) is 34.5 Å². The molecule has 1 heterocycles. The van der Waals surface area contributed by atoms with Crippen molar-refractivity contribution in [1.29, 1.82) is 0 Å². The number of nitrogens with zero attached hydrogens (tertiary/aromatic N) is 4. The molecule has 4 aromatic rings. The fourth-order valence-corrected chi connectivity index (χ4v) is 4.04. The van der Waals surface area contributed by atoms with Crippen molar-refractivity contribution in [2.24, 2.45) is 0 Å². The summed E-state index contributed by atoms with van der Waals surface area (Å²) >= 11 is 0. The van der Waals surface area contributed by atoms with Gasteiger partial charge >= 0.3 is 0 Å². The van der Waals surface area contributed by atoms with Gasteiger partial charge in [0.25, 0.3) is 0 Å². The summed E-state index contributed by atoms with van der Waals surface area (Å²) in [5.74, 6) is -0.852. The van der Waals surface area contributed by atoms with Gasteiger partial charge in [0.2, 0.25) is 11.8 Å². The molecule has 37 heavy (non-hydrogen) atoms. The molecule has 1 atom stereocenters. The molecule has 0 aliphatic carbocycles. The molecule has 1 aromatic heterocycles. The number of ether oxygens (including phenoxy) is 1. The van der Waals surface area contributed by atoms with Gasteiger partial charge < -0.3 is 10.1 Å². The van der Waals surface area contributed by atoms with E-state index in [4.69, 9.17) is 4.74 Å². The van der Waals surface area contributed by atoms with E-state index in [1.165, 1.54) is 41.0 Å². The van der Waals surface area contributed by atoms with Crippen molar-refractivity contribution < 1.29 is 18.7 Å². The number of rotatable bonds is 9. The molecule has 0 bridgehead atoms. The highest BCUT2D eigenvalue weighted by molar-refractivity contribution is 6.02. The summed E-state index contributed by atoms with van der Waals surface area (Å²) in [6, 6.07) is 18.8. The lowest BCUT2D eigenvalue weighted by Gasteiger charge is -2.35. The zero-order chi connectivity index (χ0) is 26.6. The number of hydrogen-bond acceptors (Lipinski definition) is 5. The van der Waals surface area contributed by atoms with E-state index >= 15 is 0 Å². The lowest BCUT2D eigenvalue weighted by molar-refractivity contribution is -0.128. The van der Waals surface area contributed by atoms with Gasteiger partial charge in [0.15, 0.2) is 0 Å². The van der Waals surface area contributed by atoms with Crippen LogP contribution in [-0.4, -0.2) is 39.5 Å². The van der Waals surface area contributed by atoms with Crippen LogP contribution < -0.4 is 15.0 Å². The highest BCUT2D eigenvalue weighted by Gasteiger charge is 2.36. The van der Waals surface area contributed by atoms with Gasteiger partial charge in [-0.15, -0.1) is 5.10 Å². The molecule has 3 aromatic carbocycles. The maximum absolute atomic E-state index is 14.1. The predicted octanol–water partition coefficient (Wildman–Crippen LogP) is 4.66. The number of nitrogens with one attached hydrogen (secondary N) is 1. The van der Waals surface area contributed by atoms with Crippen molar-refractivity contribution in [3.05, 3.63) is 84.2 Å². The molecular weight excluding hydrogens is 473 g/mol. The molecule has 0 saturated heterocycles. The summed E-state index contributed by atoms with van der Waals surface area (Å²) in [6.07, 6.45) is 0.669. The van der Waals surface area contributed by atoms with Crippen LogP contribution in [0.25, 0.3) is 11.0 Å². The standard InChI is InChI=1S/C28H30FN5O3/c1-5-28(2,3)30-27(36)26(19-14-16-20(29)17-15-19)34(23-12-8-9-13-24(23)37-4)25(35)18-33-22-11-7-6-10-21(22)31-32-33/h6-17,26H,5,18H2,1-4H3,(H,30,36). The number of amides is 2. The van der Waals surface area contributed by atoms with E-state index in [0.717, 1.165) is 0 Å². The Balaban J connectivity index is 1.85. The molecule has 0 radical (unpaired) electrons. The minimum atomic E-state index is -1.11. The number of fused-ring (bicyclic) bond motifs is 1. The summed E-state index contributed by atoms with van der Waals surface area (Å²) in [6.45, 7) is 5.60. The van der Waals surface area contributed by atoms with Crippen LogP contribution in [0.3, 0.4) is 0 Å². The highest BCUT2D eigenvalue weighted by Crippen LogP contribution is 2.35. The number of para-hydroxylation sites is 3. The molecule has 4 rings (SSSR count). The Kier molecular flexibility index (Phi) is 7.52. The maximum Gasteiger partial charge on any atom is 0.249 e. The second-order valence-electron chi connectivity index (χ2n) is 9.35. The molecule has 0 saturated carbocycles. The Morgan fingerprint density at radius 3 is 2.43 bits per heavy atom. The second kappa shape index (κ2) is 10.8. The smallest absolute Gasteiger partial charge is 0.249 e. The minimum Gasteiger partial charge on any atom is -0.495 e. The quantitative estimate of drug-likeness (QED) is 0.359. The van der Waals surface area contributed by atoms with Crippen molar-refractivity contribution in [3.63, 3.8) is 0 Å². The minimum absolute atomic E-state index is 0.180. The number of benzene rings is 3. The maximum atomic E-state index is 14.1. The summed E-state index contributed by atoms with van der Waals surface area (Å²) in [5.41, 5.74) is 1.65. The van der Waals surface area contributed by atoms with Crippen molar-refractivity contribution in [3.8, 4) is 5.75 Å². The molecule has 192 valence electrons. The number of hydrogen-bond donors (Lipinski definition) is 1. The third-order valence-corrected chi connectivity index (χ3v) is 6.36. The first kappa shape index (κ1) is 25.8. The van der Waals surface area contributed by atoms with E-state index in [9.17, 15) is 14.0 Å². The van der Waals surface area contributed by atoms with E-state index in [1.807, 2.05) is 45.0 Å². The number of halogens is 1. The lowest BCUT2D eigenvalue weighted by Crippen LogP contribution is -2.51. The summed E-state index contributed by atoms with van der Waals surface area (Å²) in [7, 11) is 1.50.